The number of hydrogen-bond acceptors (Lipinski definition) is 3. The van der Waals surface area contributed by atoms with E-state index >= 15 is 0 Å². The lowest BCUT2D eigenvalue weighted by Crippen LogP contribution is -2.34. The Kier molecular flexibility index (Phi) is 7.42. The third kappa shape index (κ3) is 5.92. The molecular formula is C25H27ClN2O3. The second-order valence-electron chi connectivity index (χ2n) is 7.42. The van der Waals surface area contributed by atoms with Crippen LogP contribution in [0.1, 0.15) is 22.3 Å². The minimum atomic E-state index is -0.184. The standard InChI is InChI=1S/C25H27ClN2O3/c1-17-5-11-22(18(2)13-17)27-25(29)28(15-19-6-9-21(26)10-7-19)16-20-8-12-23(30-3)24(14-20)31-4/h5-14H,15-16H2,1-4H3,(H,27,29). The van der Waals surface area contributed by atoms with Crippen LogP contribution in [0, 0.1) is 13.8 Å². The molecule has 2 amide bonds. The largest absolute Gasteiger partial charge is 0.493 e. The van der Waals surface area contributed by atoms with Gasteiger partial charge >= 0.3 is 6.03 Å². The molecule has 162 valence electrons. The monoisotopic (exact) mass is 438 g/mol. The van der Waals surface area contributed by atoms with Crippen molar-refractivity contribution in [3.05, 3.63) is 87.9 Å². The Hall–Kier alpha value is -3.18. The van der Waals surface area contributed by atoms with Crippen molar-refractivity contribution < 1.29 is 14.3 Å². The molecule has 0 aliphatic heterocycles. The molecule has 0 heterocycles. The molecule has 0 atom stereocenters. The summed E-state index contributed by atoms with van der Waals surface area (Å²) in [4.78, 5) is 15.0. The predicted molar refractivity (Wildman–Crippen MR) is 125 cm³/mol. The van der Waals surface area contributed by atoms with Crippen molar-refractivity contribution in [1.29, 1.82) is 0 Å². The first-order chi connectivity index (χ1) is 14.9. The summed E-state index contributed by atoms with van der Waals surface area (Å²) in [6.45, 7) is 4.85. The van der Waals surface area contributed by atoms with Crippen LogP contribution in [0.5, 0.6) is 11.5 Å². The number of carbonyl (C=O) groups is 1. The first kappa shape index (κ1) is 22.5. The summed E-state index contributed by atoms with van der Waals surface area (Å²) in [5.74, 6) is 1.27. The lowest BCUT2D eigenvalue weighted by atomic mass is 10.1. The minimum absolute atomic E-state index is 0.184. The summed E-state index contributed by atoms with van der Waals surface area (Å²) >= 11 is 6.02. The van der Waals surface area contributed by atoms with Gasteiger partial charge in [0.1, 0.15) is 0 Å². The van der Waals surface area contributed by atoms with Crippen molar-refractivity contribution in [2.24, 2.45) is 0 Å². The number of halogens is 1. The first-order valence-corrected chi connectivity index (χ1v) is 10.4. The van der Waals surface area contributed by atoms with Gasteiger partial charge in [-0.3, -0.25) is 0 Å². The van der Waals surface area contributed by atoms with E-state index in [-0.39, 0.29) is 6.03 Å². The van der Waals surface area contributed by atoms with E-state index in [1.165, 1.54) is 0 Å². The van der Waals surface area contributed by atoms with Crippen LogP contribution in [0.4, 0.5) is 10.5 Å². The number of carbonyl (C=O) groups excluding carboxylic acids is 1. The quantitative estimate of drug-likeness (QED) is 0.477. The van der Waals surface area contributed by atoms with Crippen molar-refractivity contribution >= 4 is 23.3 Å². The maximum atomic E-state index is 13.2. The van der Waals surface area contributed by atoms with Gasteiger partial charge in [-0.05, 0) is 60.9 Å². The number of nitrogens with one attached hydrogen (secondary N) is 1. The number of aryl methyl sites for hydroxylation is 2. The van der Waals surface area contributed by atoms with Gasteiger partial charge in [0.25, 0.3) is 0 Å². The van der Waals surface area contributed by atoms with E-state index in [0.717, 1.165) is 27.9 Å². The summed E-state index contributed by atoms with van der Waals surface area (Å²) in [6.07, 6.45) is 0. The van der Waals surface area contributed by atoms with Crippen LogP contribution in [0.15, 0.2) is 60.7 Å². The van der Waals surface area contributed by atoms with E-state index in [4.69, 9.17) is 21.1 Å². The summed E-state index contributed by atoms with van der Waals surface area (Å²) in [6, 6.07) is 18.9. The van der Waals surface area contributed by atoms with Crippen LogP contribution in [0.2, 0.25) is 5.02 Å². The molecule has 0 saturated heterocycles. The van der Waals surface area contributed by atoms with Crippen molar-refractivity contribution in [1.82, 2.24) is 4.90 Å². The van der Waals surface area contributed by atoms with Gasteiger partial charge in [-0.1, -0.05) is 47.5 Å². The fraction of sp³-hybridized carbons (Fsp3) is 0.240. The Balaban J connectivity index is 1.86. The number of hydrogen-bond donors (Lipinski definition) is 1. The lowest BCUT2D eigenvalue weighted by Gasteiger charge is -2.24. The normalized spacial score (nSPS) is 10.5. The molecule has 3 aromatic carbocycles. The van der Waals surface area contributed by atoms with Crippen LogP contribution in [-0.2, 0) is 13.1 Å². The molecule has 0 fully saturated rings. The van der Waals surface area contributed by atoms with Crippen molar-refractivity contribution in [2.45, 2.75) is 26.9 Å². The van der Waals surface area contributed by atoms with E-state index in [9.17, 15) is 4.79 Å². The smallest absolute Gasteiger partial charge is 0.322 e. The number of anilines is 1. The SMILES string of the molecule is COc1ccc(CN(Cc2ccc(Cl)cc2)C(=O)Nc2ccc(C)cc2C)cc1OC. The number of methoxy groups -OCH3 is 2. The van der Waals surface area contributed by atoms with Gasteiger partial charge < -0.3 is 19.7 Å². The summed E-state index contributed by atoms with van der Waals surface area (Å²) < 4.78 is 10.7. The summed E-state index contributed by atoms with van der Waals surface area (Å²) in [5.41, 5.74) is 4.89. The number of urea groups is 1. The number of ether oxygens (including phenoxy) is 2. The average molecular weight is 439 g/mol. The van der Waals surface area contributed by atoms with Crippen LogP contribution in [0.25, 0.3) is 0 Å². The van der Waals surface area contributed by atoms with E-state index in [2.05, 4.69) is 5.32 Å². The molecule has 0 radical (unpaired) electrons. The molecular weight excluding hydrogens is 412 g/mol. The topological polar surface area (TPSA) is 50.8 Å². The molecule has 0 aliphatic carbocycles. The Labute approximate surface area is 188 Å². The Bertz CT molecular complexity index is 1050. The zero-order valence-corrected chi connectivity index (χ0v) is 19.0. The van der Waals surface area contributed by atoms with E-state index < -0.39 is 0 Å². The highest BCUT2D eigenvalue weighted by Gasteiger charge is 2.17. The zero-order chi connectivity index (χ0) is 22.4. The van der Waals surface area contributed by atoms with Crippen molar-refractivity contribution in [3.8, 4) is 11.5 Å². The molecule has 0 saturated carbocycles. The Morgan fingerprint density at radius 2 is 1.52 bits per heavy atom. The summed E-state index contributed by atoms with van der Waals surface area (Å²) in [5, 5.41) is 3.71. The van der Waals surface area contributed by atoms with Gasteiger partial charge in [-0.25, -0.2) is 4.79 Å². The van der Waals surface area contributed by atoms with E-state index in [1.807, 2.05) is 74.5 Å². The Morgan fingerprint density at radius 1 is 0.871 bits per heavy atom. The van der Waals surface area contributed by atoms with Crippen LogP contribution < -0.4 is 14.8 Å². The molecule has 5 nitrogen and oxygen atoms in total. The molecule has 3 aromatic rings. The van der Waals surface area contributed by atoms with Crippen LogP contribution >= 0.6 is 11.6 Å². The summed E-state index contributed by atoms with van der Waals surface area (Å²) in [7, 11) is 3.20. The van der Waals surface area contributed by atoms with Crippen LogP contribution in [0.3, 0.4) is 0 Å². The highest BCUT2D eigenvalue weighted by atomic mass is 35.5. The maximum Gasteiger partial charge on any atom is 0.322 e. The number of rotatable bonds is 7. The molecule has 1 N–H and O–H groups in total. The van der Waals surface area contributed by atoms with Crippen molar-refractivity contribution in [2.75, 3.05) is 19.5 Å². The van der Waals surface area contributed by atoms with Crippen molar-refractivity contribution in [3.63, 3.8) is 0 Å². The fourth-order valence-electron chi connectivity index (χ4n) is 3.36. The highest BCUT2D eigenvalue weighted by molar-refractivity contribution is 6.30. The predicted octanol–water partition coefficient (Wildman–Crippen LogP) is 6.21. The third-order valence-corrected chi connectivity index (χ3v) is 5.27. The van der Waals surface area contributed by atoms with Gasteiger partial charge in [-0.2, -0.15) is 0 Å². The molecule has 0 spiro atoms. The molecule has 6 heteroatoms. The zero-order valence-electron chi connectivity index (χ0n) is 18.2. The van der Waals surface area contributed by atoms with Gasteiger partial charge in [0.15, 0.2) is 11.5 Å². The Morgan fingerprint density at radius 3 is 2.16 bits per heavy atom. The lowest BCUT2D eigenvalue weighted by molar-refractivity contribution is 0.206. The maximum absolute atomic E-state index is 13.2. The highest BCUT2D eigenvalue weighted by Crippen LogP contribution is 2.28. The van der Waals surface area contributed by atoms with E-state index in [0.29, 0.717) is 29.6 Å². The molecule has 31 heavy (non-hydrogen) atoms. The fourth-order valence-corrected chi connectivity index (χ4v) is 3.48. The number of nitrogens with zero attached hydrogens (tertiary/aromatic N) is 1. The molecule has 0 aromatic heterocycles. The van der Waals surface area contributed by atoms with Gasteiger partial charge in [0.2, 0.25) is 0 Å². The molecule has 3 rings (SSSR count). The van der Waals surface area contributed by atoms with Crippen LogP contribution in [-0.4, -0.2) is 25.2 Å². The minimum Gasteiger partial charge on any atom is -0.493 e. The first-order valence-electron chi connectivity index (χ1n) is 9.98. The molecule has 0 bridgehead atoms. The molecule has 0 unspecified atom stereocenters. The van der Waals surface area contributed by atoms with E-state index in [1.54, 1.807) is 19.1 Å². The van der Waals surface area contributed by atoms with Gasteiger partial charge in [0.05, 0.1) is 14.2 Å². The van der Waals surface area contributed by atoms with Gasteiger partial charge in [0, 0.05) is 23.8 Å². The van der Waals surface area contributed by atoms with Gasteiger partial charge in [-0.15, -0.1) is 0 Å². The third-order valence-electron chi connectivity index (χ3n) is 5.02. The number of amides is 2. The average Bonchev–Trinajstić information content (AvgIpc) is 2.76. The number of benzene rings is 3. The second-order valence-corrected chi connectivity index (χ2v) is 7.86. The second kappa shape index (κ2) is 10.2. The molecule has 0 aliphatic rings.